The molecule has 0 aliphatic heterocycles. The lowest BCUT2D eigenvalue weighted by molar-refractivity contribution is -0.118. The molecule has 1 aliphatic rings. The number of anilines is 1. The molecule has 35 heavy (non-hydrogen) atoms. The van der Waals surface area contributed by atoms with Crippen molar-refractivity contribution in [2.24, 2.45) is 0 Å². The molecule has 5 rings (SSSR count). The molecule has 1 aromatic heterocycles. The van der Waals surface area contributed by atoms with E-state index in [9.17, 15) is 4.79 Å². The molecule has 1 amide bonds. The molecule has 0 saturated heterocycles. The topological polar surface area (TPSA) is 63.3 Å². The summed E-state index contributed by atoms with van der Waals surface area (Å²) >= 11 is 0. The minimum Gasteiger partial charge on any atom is -0.493 e. The van der Waals surface area contributed by atoms with Crippen LogP contribution in [0.25, 0.3) is 10.9 Å². The molecule has 0 bridgehead atoms. The fourth-order valence-electron chi connectivity index (χ4n) is 4.46. The summed E-state index contributed by atoms with van der Waals surface area (Å²) in [5.41, 5.74) is 4.61. The smallest absolute Gasteiger partial charge is 0.235 e. The second-order valence-corrected chi connectivity index (χ2v) is 10.4. The van der Waals surface area contributed by atoms with Gasteiger partial charge in [-0.15, -0.1) is 0 Å². The zero-order chi connectivity index (χ0) is 24.6. The normalized spacial score (nSPS) is 14.5. The Morgan fingerprint density at radius 1 is 1.00 bits per heavy atom. The zero-order valence-corrected chi connectivity index (χ0v) is 20.8. The number of fused-ring (bicyclic) bond motifs is 1. The zero-order valence-electron chi connectivity index (χ0n) is 20.8. The maximum Gasteiger partial charge on any atom is 0.235 e. The molecule has 2 N–H and O–H groups in total. The van der Waals surface area contributed by atoms with Crippen LogP contribution in [0.2, 0.25) is 0 Å². The molecular weight excluding hydrogens is 436 g/mol. The predicted molar refractivity (Wildman–Crippen MR) is 142 cm³/mol. The van der Waals surface area contributed by atoms with Gasteiger partial charge in [-0.05, 0) is 60.4 Å². The van der Waals surface area contributed by atoms with Gasteiger partial charge in [0.1, 0.15) is 6.61 Å². The summed E-state index contributed by atoms with van der Waals surface area (Å²) in [4.78, 5) is 16.9. The van der Waals surface area contributed by atoms with Crippen molar-refractivity contribution in [1.82, 2.24) is 4.98 Å². The average molecular weight is 471 g/mol. The Morgan fingerprint density at radius 3 is 2.46 bits per heavy atom. The van der Waals surface area contributed by atoms with Crippen molar-refractivity contribution >= 4 is 22.5 Å². The SMILES string of the molecule is COc1cc(C2(C(=O)Nc3ccc4[nH]c(C(C)(C)C)cc4c3)CC2)ccc1OCc1ccccc1.[HH]. The van der Waals surface area contributed by atoms with Crippen LogP contribution in [-0.2, 0) is 22.2 Å². The highest BCUT2D eigenvalue weighted by atomic mass is 16.5. The number of aromatic amines is 1. The Labute approximate surface area is 208 Å². The summed E-state index contributed by atoms with van der Waals surface area (Å²) in [6.07, 6.45) is 1.62. The number of methoxy groups -OCH3 is 1. The van der Waals surface area contributed by atoms with E-state index in [1.165, 1.54) is 5.69 Å². The summed E-state index contributed by atoms with van der Waals surface area (Å²) in [6, 6.07) is 24.0. The van der Waals surface area contributed by atoms with Crippen molar-refractivity contribution < 1.29 is 15.7 Å². The molecule has 0 radical (unpaired) electrons. The van der Waals surface area contributed by atoms with Crippen molar-refractivity contribution in [3.63, 3.8) is 0 Å². The maximum absolute atomic E-state index is 13.4. The third-order valence-corrected chi connectivity index (χ3v) is 6.82. The van der Waals surface area contributed by atoms with Crippen LogP contribution < -0.4 is 14.8 Å². The van der Waals surface area contributed by atoms with Crippen LogP contribution in [-0.4, -0.2) is 18.0 Å². The summed E-state index contributed by atoms with van der Waals surface area (Å²) in [7, 11) is 1.63. The van der Waals surface area contributed by atoms with Gasteiger partial charge in [0, 0.05) is 29.1 Å². The van der Waals surface area contributed by atoms with Crippen LogP contribution in [0, 0.1) is 0 Å². The number of nitrogens with one attached hydrogen (secondary N) is 2. The first-order valence-electron chi connectivity index (χ1n) is 12.1. The van der Waals surface area contributed by atoms with E-state index in [2.05, 4.69) is 37.1 Å². The Bertz CT molecular complexity index is 1370. The van der Waals surface area contributed by atoms with E-state index < -0.39 is 5.41 Å². The molecule has 1 aliphatic carbocycles. The van der Waals surface area contributed by atoms with E-state index in [0.29, 0.717) is 18.1 Å². The molecule has 0 atom stereocenters. The Morgan fingerprint density at radius 2 is 1.77 bits per heavy atom. The van der Waals surface area contributed by atoms with Crippen LogP contribution in [0.15, 0.2) is 72.8 Å². The first kappa shape index (κ1) is 23.0. The van der Waals surface area contributed by atoms with Gasteiger partial charge < -0.3 is 19.8 Å². The number of hydrogen-bond donors (Lipinski definition) is 2. The van der Waals surface area contributed by atoms with Crippen molar-refractivity contribution in [2.45, 2.75) is 51.0 Å². The number of H-pyrrole nitrogens is 1. The number of amides is 1. The number of benzene rings is 3. The van der Waals surface area contributed by atoms with Crippen LogP contribution >= 0.6 is 0 Å². The molecule has 1 heterocycles. The van der Waals surface area contributed by atoms with E-state index in [0.717, 1.165) is 40.6 Å². The van der Waals surface area contributed by atoms with Crippen LogP contribution in [0.5, 0.6) is 11.5 Å². The summed E-state index contributed by atoms with van der Waals surface area (Å²) < 4.78 is 11.6. The molecule has 0 unspecified atom stereocenters. The molecule has 3 aromatic carbocycles. The Hall–Kier alpha value is -3.73. The summed E-state index contributed by atoms with van der Waals surface area (Å²) in [5, 5.41) is 4.25. The highest BCUT2D eigenvalue weighted by Gasteiger charge is 2.51. The van der Waals surface area contributed by atoms with Crippen LogP contribution in [0.4, 0.5) is 5.69 Å². The van der Waals surface area contributed by atoms with Crippen molar-refractivity contribution in [2.75, 3.05) is 12.4 Å². The van der Waals surface area contributed by atoms with Gasteiger partial charge in [0.2, 0.25) is 5.91 Å². The van der Waals surface area contributed by atoms with Gasteiger partial charge >= 0.3 is 0 Å². The first-order valence-corrected chi connectivity index (χ1v) is 12.1. The minimum absolute atomic E-state index is 0. The number of rotatable bonds is 7. The number of carbonyl (C=O) groups excluding carboxylic acids is 1. The molecule has 0 spiro atoms. The quantitative estimate of drug-likeness (QED) is 0.307. The van der Waals surface area contributed by atoms with E-state index in [4.69, 9.17) is 9.47 Å². The molecular formula is C30H34N2O3. The Balaban J connectivity index is 0.00000304. The van der Waals surface area contributed by atoms with E-state index in [1.54, 1.807) is 7.11 Å². The highest BCUT2D eigenvalue weighted by molar-refractivity contribution is 6.02. The largest absolute Gasteiger partial charge is 0.493 e. The Kier molecular flexibility index (Phi) is 5.79. The fraction of sp³-hybridized carbons (Fsp3) is 0.300. The third-order valence-electron chi connectivity index (χ3n) is 6.82. The van der Waals surface area contributed by atoms with E-state index >= 15 is 0 Å². The summed E-state index contributed by atoms with van der Waals surface area (Å²) in [6.45, 7) is 7.01. The van der Waals surface area contributed by atoms with E-state index in [-0.39, 0.29) is 12.7 Å². The lowest BCUT2D eigenvalue weighted by atomic mass is 9.92. The standard InChI is InChI=1S/C30H32N2O3.H2/c1-29(2,3)27-17-21-16-23(11-12-24(21)32-27)31-28(33)30(14-15-30)22-10-13-25(26(18-22)34-4)35-19-20-8-6-5-7-9-20;/h5-13,16-18,32H,14-15,19H2,1-4H3,(H,31,33);1H. The second kappa shape index (κ2) is 8.81. The van der Waals surface area contributed by atoms with Gasteiger partial charge in [0.05, 0.1) is 12.5 Å². The second-order valence-electron chi connectivity index (χ2n) is 10.4. The summed E-state index contributed by atoms with van der Waals surface area (Å²) in [5.74, 6) is 1.33. The lowest BCUT2D eigenvalue weighted by Gasteiger charge is -2.18. The highest BCUT2D eigenvalue weighted by Crippen LogP contribution is 2.50. The van der Waals surface area contributed by atoms with Gasteiger partial charge in [-0.1, -0.05) is 57.2 Å². The number of carbonyl (C=O) groups is 1. The van der Waals surface area contributed by atoms with Crippen LogP contribution in [0.3, 0.4) is 0 Å². The predicted octanol–water partition coefficient (Wildman–Crippen LogP) is 6.97. The lowest BCUT2D eigenvalue weighted by Crippen LogP contribution is -2.27. The van der Waals surface area contributed by atoms with Gasteiger partial charge in [0.25, 0.3) is 0 Å². The minimum atomic E-state index is -0.533. The number of hydrogen-bond acceptors (Lipinski definition) is 3. The van der Waals surface area contributed by atoms with Gasteiger partial charge in [-0.3, -0.25) is 4.79 Å². The third kappa shape index (κ3) is 4.63. The molecule has 5 nitrogen and oxygen atoms in total. The fourth-order valence-corrected chi connectivity index (χ4v) is 4.46. The average Bonchev–Trinajstić information content (AvgIpc) is 3.55. The van der Waals surface area contributed by atoms with Gasteiger partial charge in [-0.2, -0.15) is 0 Å². The van der Waals surface area contributed by atoms with Crippen molar-refractivity contribution in [3.8, 4) is 11.5 Å². The molecule has 1 fully saturated rings. The molecule has 5 heteroatoms. The molecule has 182 valence electrons. The van der Waals surface area contributed by atoms with E-state index in [1.807, 2.05) is 66.7 Å². The van der Waals surface area contributed by atoms with Crippen LogP contribution in [0.1, 0.15) is 51.9 Å². The van der Waals surface area contributed by atoms with Gasteiger partial charge in [0.15, 0.2) is 11.5 Å². The molecule has 1 saturated carbocycles. The first-order chi connectivity index (χ1) is 16.8. The number of ether oxygens (including phenoxy) is 2. The molecule has 4 aromatic rings. The maximum atomic E-state index is 13.4. The van der Waals surface area contributed by atoms with Crippen molar-refractivity contribution in [1.29, 1.82) is 0 Å². The van der Waals surface area contributed by atoms with Gasteiger partial charge in [-0.25, -0.2) is 0 Å². The number of aromatic nitrogens is 1. The van der Waals surface area contributed by atoms with Crippen molar-refractivity contribution in [3.05, 3.63) is 89.6 Å². The monoisotopic (exact) mass is 470 g/mol.